The van der Waals surface area contributed by atoms with E-state index in [1.165, 1.54) is 0 Å². The normalized spacial score (nSPS) is 12.9. The van der Waals surface area contributed by atoms with Crippen molar-refractivity contribution in [2.75, 3.05) is 19.0 Å². The standard InChI is InChI=1S/C14H22N2O3/c1-14(2,3)10-7-9(5-6-12(10)19-4)16-13(18)11(17)8-15/h5-7,11,17H,8,15H2,1-4H3,(H,16,18). The molecule has 0 heterocycles. The van der Waals surface area contributed by atoms with Gasteiger partial charge in [0.05, 0.1) is 7.11 Å². The highest BCUT2D eigenvalue weighted by atomic mass is 16.5. The molecule has 5 nitrogen and oxygen atoms in total. The van der Waals surface area contributed by atoms with Crippen LogP contribution in [0.3, 0.4) is 0 Å². The zero-order valence-electron chi connectivity index (χ0n) is 11.9. The van der Waals surface area contributed by atoms with Crippen molar-refractivity contribution in [3.8, 4) is 5.75 Å². The number of hydrogen-bond acceptors (Lipinski definition) is 4. The molecule has 1 atom stereocenters. The number of aliphatic hydroxyl groups excluding tert-OH is 1. The molecule has 0 radical (unpaired) electrons. The first-order valence-electron chi connectivity index (χ1n) is 6.17. The third-order valence-electron chi connectivity index (χ3n) is 2.80. The van der Waals surface area contributed by atoms with Crippen LogP contribution in [0.5, 0.6) is 5.75 Å². The quantitative estimate of drug-likeness (QED) is 0.765. The monoisotopic (exact) mass is 266 g/mol. The lowest BCUT2D eigenvalue weighted by Crippen LogP contribution is -2.34. The van der Waals surface area contributed by atoms with Crippen molar-refractivity contribution in [1.29, 1.82) is 0 Å². The molecule has 19 heavy (non-hydrogen) atoms. The average Bonchev–Trinajstić information content (AvgIpc) is 2.36. The van der Waals surface area contributed by atoms with E-state index in [4.69, 9.17) is 10.5 Å². The summed E-state index contributed by atoms with van der Waals surface area (Å²) in [6, 6.07) is 5.38. The molecule has 0 aromatic heterocycles. The summed E-state index contributed by atoms with van der Waals surface area (Å²) >= 11 is 0. The second kappa shape index (κ2) is 6.04. The van der Waals surface area contributed by atoms with E-state index in [-0.39, 0.29) is 12.0 Å². The molecule has 1 aromatic rings. The van der Waals surface area contributed by atoms with Gasteiger partial charge in [0, 0.05) is 17.8 Å². The Labute approximate surface area is 113 Å². The molecular weight excluding hydrogens is 244 g/mol. The molecule has 1 amide bonds. The van der Waals surface area contributed by atoms with Crippen molar-refractivity contribution < 1.29 is 14.6 Å². The second-order valence-electron chi connectivity index (χ2n) is 5.41. The first-order chi connectivity index (χ1) is 8.79. The van der Waals surface area contributed by atoms with Crippen molar-refractivity contribution in [3.63, 3.8) is 0 Å². The lowest BCUT2D eigenvalue weighted by Gasteiger charge is -2.23. The lowest BCUT2D eigenvalue weighted by molar-refractivity contribution is -0.123. The topological polar surface area (TPSA) is 84.6 Å². The number of nitrogens with one attached hydrogen (secondary N) is 1. The van der Waals surface area contributed by atoms with Gasteiger partial charge in [-0.3, -0.25) is 4.79 Å². The van der Waals surface area contributed by atoms with Crippen molar-refractivity contribution in [2.45, 2.75) is 32.3 Å². The Balaban J connectivity index is 3.02. The molecule has 0 saturated heterocycles. The van der Waals surface area contributed by atoms with Crippen molar-refractivity contribution in [1.82, 2.24) is 0 Å². The molecule has 5 heteroatoms. The maximum absolute atomic E-state index is 11.6. The number of nitrogens with two attached hydrogens (primary N) is 1. The van der Waals surface area contributed by atoms with Crippen LogP contribution in [0.15, 0.2) is 18.2 Å². The number of ether oxygens (including phenoxy) is 1. The Morgan fingerprint density at radius 1 is 1.47 bits per heavy atom. The number of amides is 1. The highest BCUT2D eigenvalue weighted by Crippen LogP contribution is 2.33. The maximum Gasteiger partial charge on any atom is 0.254 e. The van der Waals surface area contributed by atoms with E-state index < -0.39 is 12.0 Å². The van der Waals surface area contributed by atoms with Crippen LogP contribution in [-0.2, 0) is 10.2 Å². The SMILES string of the molecule is COc1ccc(NC(=O)C(O)CN)cc1C(C)(C)C. The predicted octanol–water partition coefficient (Wildman–Crippen LogP) is 1.25. The van der Waals surface area contributed by atoms with Gasteiger partial charge in [-0.1, -0.05) is 20.8 Å². The number of benzene rings is 1. The van der Waals surface area contributed by atoms with Crippen LogP contribution >= 0.6 is 0 Å². The first-order valence-corrected chi connectivity index (χ1v) is 6.17. The maximum atomic E-state index is 11.6. The number of rotatable bonds is 4. The molecule has 0 spiro atoms. The molecular formula is C14H22N2O3. The van der Waals surface area contributed by atoms with Gasteiger partial charge >= 0.3 is 0 Å². The largest absolute Gasteiger partial charge is 0.496 e. The number of anilines is 1. The van der Waals surface area contributed by atoms with Gasteiger partial charge in [-0.2, -0.15) is 0 Å². The van der Waals surface area contributed by atoms with Crippen molar-refractivity contribution >= 4 is 11.6 Å². The van der Waals surface area contributed by atoms with E-state index in [1.807, 2.05) is 6.07 Å². The molecule has 1 aromatic carbocycles. The molecule has 0 aliphatic carbocycles. The second-order valence-corrected chi connectivity index (χ2v) is 5.41. The Morgan fingerprint density at radius 3 is 2.58 bits per heavy atom. The molecule has 4 N–H and O–H groups in total. The predicted molar refractivity (Wildman–Crippen MR) is 75.4 cm³/mol. The van der Waals surface area contributed by atoms with Crippen molar-refractivity contribution in [2.24, 2.45) is 5.73 Å². The van der Waals surface area contributed by atoms with Gasteiger partial charge in [-0.05, 0) is 23.6 Å². The summed E-state index contributed by atoms with van der Waals surface area (Å²) in [6.45, 7) is 6.08. The van der Waals surface area contributed by atoms with Gasteiger partial charge in [0.2, 0.25) is 0 Å². The molecule has 0 bridgehead atoms. The minimum absolute atomic E-state index is 0.103. The summed E-state index contributed by atoms with van der Waals surface area (Å²) in [4.78, 5) is 11.6. The van der Waals surface area contributed by atoms with Gasteiger partial charge < -0.3 is 20.9 Å². The molecule has 106 valence electrons. The van der Waals surface area contributed by atoms with Gasteiger partial charge in [-0.15, -0.1) is 0 Å². The summed E-state index contributed by atoms with van der Waals surface area (Å²) in [6.07, 6.45) is -1.19. The number of aliphatic hydroxyl groups is 1. The number of hydrogen-bond donors (Lipinski definition) is 3. The molecule has 1 rings (SSSR count). The van der Waals surface area contributed by atoms with Crippen LogP contribution in [0, 0.1) is 0 Å². The smallest absolute Gasteiger partial charge is 0.254 e. The molecule has 0 aliphatic heterocycles. The van der Waals surface area contributed by atoms with E-state index in [1.54, 1.807) is 19.2 Å². The summed E-state index contributed by atoms with van der Waals surface area (Å²) in [7, 11) is 1.61. The van der Waals surface area contributed by atoms with E-state index >= 15 is 0 Å². The third kappa shape index (κ3) is 3.94. The number of methoxy groups -OCH3 is 1. The third-order valence-corrected chi connectivity index (χ3v) is 2.80. The Morgan fingerprint density at radius 2 is 2.11 bits per heavy atom. The van der Waals surface area contributed by atoms with Gasteiger partial charge in [-0.25, -0.2) is 0 Å². The van der Waals surface area contributed by atoms with Crippen LogP contribution in [0.25, 0.3) is 0 Å². The van der Waals surface area contributed by atoms with Crippen LogP contribution < -0.4 is 15.8 Å². The van der Waals surface area contributed by atoms with E-state index in [0.29, 0.717) is 5.69 Å². The minimum atomic E-state index is -1.19. The molecule has 1 unspecified atom stereocenters. The Bertz CT molecular complexity index is 452. The van der Waals surface area contributed by atoms with Gasteiger partial charge in [0.15, 0.2) is 0 Å². The van der Waals surface area contributed by atoms with Gasteiger partial charge in [0.1, 0.15) is 11.9 Å². The molecule has 0 fully saturated rings. The summed E-state index contributed by atoms with van der Waals surface area (Å²) in [5.74, 6) is 0.261. The fourth-order valence-corrected chi connectivity index (χ4v) is 1.70. The first kappa shape index (κ1) is 15.5. The number of carbonyl (C=O) groups is 1. The molecule has 0 aliphatic rings. The zero-order valence-corrected chi connectivity index (χ0v) is 11.9. The minimum Gasteiger partial charge on any atom is -0.496 e. The summed E-state index contributed by atoms with van der Waals surface area (Å²) < 4.78 is 5.32. The fourth-order valence-electron chi connectivity index (χ4n) is 1.70. The highest BCUT2D eigenvalue weighted by molar-refractivity contribution is 5.94. The Kier molecular flexibility index (Phi) is 4.91. The van der Waals surface area contributed by atoms with Crippen molar-refractivity contribution in [3.05, 3.63) is 23.8 Å². The lowest BCUT2D eigenvalue weighted by atomic mass is 9.86. The number of carbonyl (C=O) groups excluding carboxylic acids is 1. The van der Waals surface area contributed by atoms with Gasteiger partial charge in [0.25, 0.3) is 5.91 Å². The summed E-state index contributed by atoms with van der Waals surface area (Å²) in [5, 5.41) is 12.0. The van der Waals surface area contributed by atoms with Crippen LogP contribution in [0.2, 0.25) is 0 Å². The van der Waals surface area contributed by atoms with Crippen LogP contribution in [0.1, 0.15) is 26.3 Å². The summed E-state index contributed by atoms with van der Waals surface area (Å²) in [5.41, 5.74) is 6.72. The van der Waals surface area contributed by atoms with E-state index in [0.717, 1.165) is 11.3 Å². The van der Waals surface area contributed by atoms with E-state index in [2.05, 4.69) is 26.1 Å². The zero-order chi connectivity index (χ0) is 14.6. The fraction of sp³-hybridized carbons (Fsp3) is 0.500. The average molecular weight is 266 g/mol. The van der Waals surface area contributed by atoms with Crippen LogP contribution in [0.4, 0.5) is 5.69 Å². The highest BCUT2D eigenvalue weighted by Gasteiger charge is 2.20. The van der Waals surface area contributed by atoms with Crippen LogP contribution in [-0.4, -0.2) is 30.8 Å². The Hall–Kier alpha value is -1.59. The molecule has 0 saturated carbocycles. The van der Waals surface area contributed by atoms with E-state index in [9.17, 15) is 9.90 Å².